The summed E-state index contributed by atoms with van der Waals surface area (Å²) in [6, 6.07) is 4.21. The molecule has 2 N–H and O–H groups in total. The first-order valence-electron chi connectivity index (χ1n) is 3.24. The monoisotopic (exact) mass is 186 g/mol. The van der Waals surface area contributed by atoms with E-state index in [0.29, 0.717) is 11.3 Å². The molecule has 0 aliphatic rings. The second kappa shape index (κ2) is 3.40. The van der Waals surface area contributed by atoms with Crippen molar-refractivity contribution in [2.45, 2.75) is 5.88 Å². The van der Waals surface area contributed by atoms with Crippen molar-refractivity contribution in [1.29, 1.82) is 0 Å². The number of hydrogen-bond donors (Lipinski definition) is 1. The average Bonchev–Trinajstić information content (AvgIpc) is 2.05. The highest BCUT2D eigenvalue weighted by atomic mass is 35.5. The van der Waals surface area contributed by atoms with Crippen LogP contribution >= 0.6 is 11.6 Å². The van der Waals surface area contributed by atoms with Gasteiger partial charge in [0.05, 0.1) is 4.92 Å². The Morgan fingerprint density at radius 2 is 2.25 bits per heavy atom. The van der Waals surface area contributed by atoms with Crippen molar-refractivity contribution in [3.63, 3.8) is 0 Å². The van der Waals surface area contributed by atoms with Gasteiger partial charge in [0, 0.05) is 23.7 Å². The summed E-state index contributed by atoms with van der Waals surface area (Å²) in [5.74, 6) is 0.188. The van der Waals surface area contributed by atoms with Crippen molar-refractivity contribution in [2.75, 3.05) is 5.73 Å². The van der Waals surface area contributed by atoms with Gasteiger partial charge in [-0.2, -0.15) is 0 Å². The number of anilines is 1. The first kappa shape index (κ1) is 8.80. The summed E-state index contributed by atoms with van der Waals surface area (Å²) in [6.45, 7) is 0. The van der Waals surface area contributed by atoms with Gasteiger partial charge in [-0.15, -0.1) is 11.6 Å². The highest BCUT2D eigenvalue weighted by molar-refractivity contribution is 6.17. The van der Waals surface area contributed by atoms with Crippen LogP contribution in [0.15, 0.2) is 18.2 Å². The summed E-state index contributed by atoms with van der Waals surface area (Å²) in [7, 11) is 0. The SMILES string of the molecule is Nc1ccc([N+](=O)[O-])cc1CCl. The lowest BCUT2D eigenvalue weighted by molar-refractivity contribution is -0.384. The van der Waals surface area contributed by atoms with E-state index in [-0.39, 0.29) is 11.6 Å². The Morgan fingerprint density at radius 1 is 1.58 bits per heavy atom. The van der Waals surface area contributed by atoms with Crippen LogP contribution in [0.1, 0.15) is 5.56 Å². The van der Waals surface area contributed by atoms with Crippen molar-refractivity contribution in [3.8, 4) is 0 Å². The quantitative estimate of drug-likeness (QED) is 0.332. The molecule has 0 aromatic heterocycles. The minimum Gasteiger partial charge on any atom is -0.398 e. The number of nitro benzene ring substituents is 1. The summed E-state index contributed by atoms with van der Waals surface area (Å²) in [5.41, 5.74) is 6.58. The maximum Gasteiger partial charge on any atom is 0.269 e. The Kier molecular flexibility index (Phi) is 2.50. The third-order valence-electron chi connectivity index (χ3n) is 1.48. The molecule has 0 amide bonds. The van der Waals surface area contributed by atoms with E-state index >= 15 is 0 Å². The van der Waals surface area contributed by atoms with E-state index in [2.05, 4.69) is 0 Å². The molecule has 0 heterocycles. The van der Waals surface area contributed by atoms with Gasteiger partial charge < -0.3 is 5.73 Å². The summed E-state index contributed by atoms with van der Waals surface area (Å²) < 4.78 is 0. The zero-order valence-electron chi connectivity index (χ0n) is 6.16. The molecular formula is C7H7ClN2O2. The van der Waals surface area contributed by atoms with Gasteiger partial charge in [-0.25, -0.2) is 0 Å². The Hall–Kier alpha value is -1.29. The molecule has 1 aromatic rings. The van der Waals surface area contributed by atoms with Gasteiger partial charge in [0.15, 0.2) is 0 Å². The summed E-state index contributed by atoms with van der Waals surface area (Å²) in [5, 5.41) is 10.3. The first-order chi connectivity index (χ1) is 5.65. The van der Waals surface area contributed by atoms with Gasteiger partial charge in [0.2, 0.25) is 0 Å². The molecule has 0 bridgehead atoms. The highest BCUT2D eigenvalue weighted by Crippen LogP contribution is 2.20. The Balaban J connectivity index is 3.13. The molecule has 0 aliphatic carbocycles. The summed E-state index contributed by atoms with van der Waals surface area (Å²) in [4.78, 5) is 9.83. The normalized spacial score (nSPS) is 9.75. The van der Waals surface area contributed by atoms with Gasteiger partial charge in [0.25, 0.3) is 5.69 Å². The number of nitrogens with two attached hydrogens (primary N) is 1. The van der Waals surface area contributed by atoms with E-state index in [9.17, 15) is 10.1 Å². The van der Waals surface area contributed by atoms with Crippen LogP contribution in [-0.4, -0.2) is 4.92 Å². The molecule has 0 fully saturated rings. The summed E-state index contributed by atoms with van der Waals surface area (Å²) in [6.07, 6.45) is 0. The maximum atomic E-state index is 10.3. The fourth-order valence-corrected chi connectivity index (χ4v) is 1.05. The summed E-state index contributed by atoms with van der Waals surface area (Å²) >= 11 is 5.51. The Bertz CT molecular complexity index is 314. The third-order valence-corrected chi connectivity index (χ3v) is 1.77. The molecule has 0 unspecified atom stereocenters. The predicted octanol–water partition coefficient (Wildman–Crippen LogP) is 1.92. The number of halogens is 1. The van der Waals surface area contributed by atoms with E-state index < -0.39 is 4.92 Å². The molecule has 0 radical (unpaired) electrons. The number of benzene rings is 1. The van der Waals surface area contributed by atoms with Crippen LogP contribution < -0.4 is 5.73 Å². The van der Waals surface area contributed by atoms with Crippen LogP contribution in [0, 0.1) is 10.1 Å². The lowest BCUT2D eigenvalue weighted by atomic mass is 10.2. The molecule has 64 valence electrons. The fourth-order valence-electron chi connectivity index (χ4n) is 0.821. The standard InChI is InChI=1S/C7H7ClN2O2/c8-4-5-3-6(10(11)12)1-2-7(5)9/h1-3H,4,9H2. The first-order valence-corrected chi connectivity index (χ1v) is 3.77. The van der Waals surface area contributed by atoms with Crippen LogP contribution in [0.5, 0.6) is 0 Å². The number of non-ortho nitro benzene ring substituents is 1. The van der Waals surface area contributed by atoms with E-state index in [1.165, 1.54) is 18.2 Å². The molecule has 0 saturated heterocycles. The lowest BCUT2D eigenvalue weighted by Crippen LogP contribution is -1.94. The van der Waals surface area contributed by atoms with Crippen molar-refractivity contribution in [2.24, 2.45) is 0 Å². The number of rotatable bonds is 2. The number of nitro groups is 1. The number of nitrogen functional groups attached to an aromatic ring is 1. The van der Waals surface area contributed by atoms with Crippen LogP contribution in [-0.2, 0) is 5.88 Å². The molecule has 0 spiro atoms. The minimum atomic E-state index is -0.477. The molecule has 0 atom stereocenters. The zero-order valence-corrected chi connectivity index (χ0v) is 6.91. The second-order valence-electron chi connectivity index (χ2n) is 2.27. The van der Waals surface area contributed by atoms with Gasteiger partial charge in [-0.1, -0.05) is 0 Å². The van der Waals surface area contributed by atoms with Crippen LogP contribution in [0.2, 0.25) is 0 Å². The number of alkyl halides is 1. The highest BCUT2D eigenvalue weighted by Gasteiger charge is 2.07. The zero-order chi connectivity index (χ0) is 9.14. The van der Waals surface area contributed by atoms with Crippen LogP contribution in [0.4, 0.5) is 11.4 Å². The molecule has 5 heteroatoms. The van der Waals surface area contributed by atoms with E-state index in [0.717, 1.165) is 0 Å². The third kappa shape index (κ3) is 1.65. The van der Waals surface area contributed by atoms with Crippen LogP contribution in [0.25, 0.3) is 0 Å². The van der Waals surface area contributed by atoms with Crippen molar-refractivity contribution in [1.82, 2.24) is 0 Å². The molecule has 12 heavy (non-hydrogen) atoms. The van der Waals surface area contributed by atoms with E-state index in [1.54, 1.807) is 0 Å². The van der Waals surface area contributed by atoms with Gasteiger partial charge >= 0.3 is 0 Å². The van der Waals surface area contributed by atoms with Crippen LogP contribution in [0.3, 0.4) is 0 Å². The molecule has 1 aromatic carbocycles. The van der Waals surface area contributed by atoms with Gasteiger partial charge in [0.1, 0.15) is 0 Å². The minimum absolute atomic E-state index is 0.0138. The van der Waals surface area contributed by atoms with Gasteiger partial charge in [-0.3, -0.25) is 10.1 Å². The number of nitrogens with zero attached hydrogens (tertiary/aromatic N) is 1. The molecule has 1 rings (SSSR count). The molecule has 0 saturated carbocycles. The predicted molar refractivity (Wildman–Crippen MR) is 47.1 cm³/mol. The second-order valence-corrected chi connectivity index (χ2v) is 2.54. The van der Waals surface area contributed by atoms with E-state index in [1.807, 2.05) is 0 Å². The van der Waals surface area contributed by atoms with Crippen molar-refractivity contribution >= 4 is 23.0 Å². The average molecular weight is 187 g/mol. The number of hydrogen-bond acceptors (Lipinski definition) is 3. The maximum absolute atomic E-state index is 10.3. The van der Waals surface area contributed by atoms with Crippen molar-refractivity contribution in [3.05, 3.63) is 33.9 Å². The smallest absolute Gasteiger partial charge is 0.269 e. The molecule has 4 nitrogen and oxygen atoms in total. The molecular weight excluding hydrogens is 180 g/mol. The van der Waals surface area contributed by atoms with Gasteiger partial charge in [-0.05, 0) is 11.6 Å². The Morgan fingerprint density at radius 3 is 2.75 bits per heavy atom. The Labute approximate surface area is 74.1 Å². The fraction of sp³-hybridized carbons (Fsp3) is 0.143. The topological polar surface area (TPSA) is 69.2 Å². The molecule has 0 aliphatic heterocycles. The van der Waals surface area contributed by atoms with E-state index in [4.69, 9.17) is 17.3 Å². The largest absolute Gasteiger partial charge is 0.398 e. The van der Waals surface area contributed by atoms with Crippen molar-refractivity contribution < 1.29 is 4.92 Å². The lowest BCUT2D eigenvalue weighted by Gasteiger charge is -1.99.